The van der Waals surface area contributed by atoms with Crippen molar-refractivity contribution < 1.29 is 8.42 Å². The second-order valence-electron chi connectivity index (χ2n) is 4.52. The van der Waals surface area contributed by atoms with Crippen LogP contribution in [0.4, 0.5) is 5.69 Å². The third-order valence-corrected chi connectivity index (χ3v) is 6.73. The van der Waals surface area contributed by atoms with E-state index in [1.807, 2.05) is 24.3 Å². The van der Waals surface area contributed by atoms with E-state index >= 15 is 0 Å². The van der Waals surface area contributed by atoms with Crippen molar-refractivity contribution in [3.63, 3.8) is 0 Å². The summed E-state index contributed by atoms with van der Waals surface area (Å²) in [5, 5.41) is 0. The molecular weight excluding hydrogens is 372 g/mol. The second kappa shape index (κ2) is 6.39. The van der Waals surface area contributed by atoms with E-state index in [-0.39, 0.29) is 4.90 Å². The van der Waals surface area contributed by atoms with Gasteiger partial charge in [-0.3, -0.25) is 0 Å². The van der Waals surface area contributed by atoms with Crippen LogP contribution < -0.4 is 5.73 Å². The summed E-state index contributed by atoms with van der Waals surface area (Å²) in [6, 6.07) is 12.5. The topological polar surface area (TPSA) is 63.4 Å². The zero-order valence-corrected chi connectivity index (χ0v) is 14.8. The molecule has 0 aliphatic carbocycles. The normalized spacial score (nSPS) is 11.8. The van der Waals surface area contributed by atoms with Gasteiger partial charge in [-0.2, -0.15) is 0 Å². The van der Waals surface area contributed by atoms with Crippen LogP contribution in [-0.4, -0.2) is 26.8 Å². The fourth-order valence-electron chi connectivity index (χ4n) is 1.62. The Morgan fingerprint density at radius 1 is 1.10 bits per heavy atom. The maximum absolute atomic E-state index is 12.2. The summed E-state index contributed by atoms with van der Waals surface area (Å²) in [6.07, 6.45) is 0. The van der Waals surface area contributed by atoms with E-state index in [2.05, 4.69) is 15.9 Å². The molecule has 0 fully saturated rings. The number of nitrogens with two attached hydrogens (primary N) is 1. The first-order valence-corrected chi connectivity index (χ1v) is 9.12. The molecule has 4 nitrogen and oxygen atoms in total. The van der Waals surface area contributed by atoms with Gasteiger partial charge in [0.1, 0.15) is 0 Å². The standard InChI is InChI=1S/C14H15BrN2O2S2/c1-17(2)21(18,19)10-7-8-12(16)14(9-10)20-13-6-4-3-5-11(13)15/h3-9H,16H2,1-2H3. The lowest BCUT2D eigenvalue weighted by atomic mass is 10.3. The van der Waals surface area contributed by atoms with E-state index < -0.39 is 10.0 Å². The van der Waals surface area contributed by atoms with Gasteiger partial charge in [0.2, 0.25) is 10.0 Å². The quantitative estimate of drug-likeness (QED) is 0.817. The molecule has 0 aliphatic heterocycles. The number of hydrogen-bond acceptors (Lipinski definition) is 4. The fraction of sp³-hybridized carbons (Fsp3) is 0.143. The monoisotopic (exact) mass is 386 g/mol. The van der Waals surface area contributed by atoms with Crippen LogP contribution in [0.3, 0.4) is 0 Å². The minimum atomic E-state index is -3.47. The molecule has 0 radical (unpaired) electrons. The van der Waals surface area contributed by atoms with E-state index in [1.165, 1.54) is 36.2 Å². The van der Waals surface area contributed by atoms with Crippen molar-refractivity contribution in [2.45, 2.75) is 14.7 Å². The molecule has 0 spiro atoms. The first-order chi connectivity index (χ1) is 9.82. The number of benzene rings is 2. The van der Waals surface area contributed by atoms with E-state index in [0.29, 0.717) is 10.6 Å². The molecule has 0 bridgehead atoms. The number of nitrogen functional groups attached to an aromatic ring is 1. The van der Waals surface area contributed by atoms with Crippen molar-refractivity contribution in [2.24, 2.45) is 0 Å². The highest BCUT2D eigenvalue weighted by molar-refractivity contribution is 9.10. The van der Waals surface area contributed by atoms with Crippen molar-refractivity contribution in [1.82, 2.24) is 4.31 Å². The first-order valence-electron chi connectivity index (χ1n) is 6.07. The van der Waals surface area contributed by atoms with E-state index in [9.17, 15) is 8.42 Å². The number of sulfonamides is 1. The average Bonchev–Trinajstić information content (AvgIpc) is 2.43. The number of rotatable bonds is 4. The Kier molecular flexibility index (Phi) is 4.98. The number of anilines is 1. The maximum Gasteiger partial charge on any atom is 0.242 e. The van der Waals surface area contributed by atoms with Crippen LogP contribution >= 0.6 is 27.7 Å². The Labute approximate surface area is 137 Å². The van der Waals surface area contributed by atoms with Gasteiger partial charge in [0.05, 0.1) is 4.90 Å². The SMILES string of the molecule is CN(C)S(=O)(=O)c1ccc(N)c(Sc2ccccc2Br)c1. The molecule has 0 heterocycles. The summed E-state index contributed by atoms with van der Waals surface area (Å²) in [6.45, 7) is 0. The van der Waals surface area contributed by atoms with Crippen LogP contribution in [0.15, 0.2) is 61.6 Å². The van der Waals surface area contributed by atoms with Gasteiger partial charge in [-0.25, -0.2) is 12.7 Å². The zero-order valence-electron chi connectivity index (χ0n) is 11.6. The lowest BCUT2D eigenvalue weighted by Crippen LogP contribution is -2.22. The van der Waals surface area contributed by atoms with Gasteiger partial charge >= 0.3 is 0 Å². The van der Waals surface area contributed by atoms with Gasteiger partial charge in [0, 0.05) is 34.0 Å². The van der Waals surface area contributed by atoms with Crippen molar-refractivity contribution in [3.8, 4) is 0 Å². The van der Waals surface area contributed by atoms with Crippen LogP contribution in [0.5, 0.6) is 0 Å². The van der Waals surface area contributed by atoms with Crippen molar-refractivity contribution in [1.29, 1.82) is 0 Å². The Hall–Kier alpha value is -1.02. The molecule has 0 aliphatic rings. The summed E-state index contributed by atoms with van der Waals surface area (Å²) in [5.41, 5.74) is 6.51. The molecule has 112 valence electrons. The molecule has 2 aromatic rings. The Morgan fingerprint density at radius 3 is 2.38 bits per heavy atom. The molecule has 2 rings (SSSR count). The molecule has 21 heavy (non-hydrogen) atoms. The van der Waals surface area contributed by atoms with E-state index in [4.69, 9.17) is 5.73 Å². The lowest BCUT2D eigenvalue weighted by molar-refractivity contribution is 0.520. The molecule has 0 amide bonds. The molecule has 7 heteroatoms. The van der Waals surface area contributed by atoms with Crippen LogP contribution in [0.25, 0.3) is 0 Å². The fourth-order valence-corrected chi connectivity index (χ4v) is 4.07. The van der Waals surface area contributed by atoms with Crippen molar-refractivity contribution in [3.05, 3.63) is 46.9 Å². The van der Waals surface area contributed by atoms with Crippen LogP contribution in [0, 0.1) is 0 Å². The van der Waals surface area contributed by atoms with Gasteiger partial charge in [-0.15, -0.1) is 0 Å². The van der Waals surface area contributed by atoms with Gasteiger partial charge in [0.25, 0.3) is 0 Å². The zero-order chi connectivity index (χ0) is 15.6. The maximum atomic E-state index is 12.2. The Bertz CT molecular complexity index is 761. The largest absolute Gasteiger partial charge is 0.398 e. The number of hydrogen-bond donors (Lipinski definition) is 1. The molecule has 0 aromatic heterocycles. The molecule has 0 saturated heterocycles. The summed E-state index contributed by atoms with van der Waals surface area (Å²) in [5.74, 6) is 0. The third kappa shape index (κ3) is 3.60. The minimum absolute atomic E-state index is 0.233. The van der Waals surface area contributed by atoms with Crippen LogP contribution in [-0.2, 0) is 10.0 Å². The summed E-state index contributed by atoms with van der Waals surface area (Å²) < 4.78 is 26.5. The highest BCUT2D eigenvalue weighted by atomic mass is 79.9. The summed E-state index contributed by atoms with van der Waals surface area (Å²) >= 11 is 4.90. The van der Waals surface area contributed by atoms with Crippen molar-refractivity contribution in [2.75, 3.05) is 19.8 Å². The van der Waals surface area contributed by atoms with Gasteiger partial charge in [-0.05, 0) is 46.3 Å². The molecule has 2 N–H and O–H groups in total. The lowest BCUT2D eigenvalue weighted by Gasteiger charge is -2.13. The van der Waals surface area contributed by atoms with Gasteiger partial charge < -0.3 is 5.73 Å². The summed E-state index contributed by atoms with van der Waals surface area (Å²) in [7, 11) is -0.453. The minimum Gasteiger partial charge on any atom is -0.398 e. The average molecular weight is 387 g/mol. The predicted octanol–water partition coefficient (Wildman–Crippen LogP) is 3.43. The Balaban J connectivity index is 2.44. The highest BCUT2D eigenvalue weighted by Crippen LogP contribution is 2.37. The second-order valence-corrected chi connectivity index (χ2v) is 8.61. The number of nitrogens with zero attached hydrogens (tertiary/aromatic N) is 1. The number of halogens is 1. The smallest absolute Gasteiger partial charge is 0.242 e. The molecular formula is C14H15BrN2O2S2. The molecule has 0 unspecified atom stereocenters. The summed E-state index contributed by atoms with van der Waals surface area (Å²) in [4.78, 5) is 1.92. The molecule has 0 atom stereocenters. The highest BCUT2D eigenvalue weighted by Gasteiger charge is 2.18. The van der Waals surface area contributed by atoms with Crippen molar-refractivity contribution >= 4 is 43.4 Å². The molecule has 2 aromatic carbocycles. The predicted molar refractivity (Wildman–Crippen MR) is 90.0 cm³/mol. The van der Waals surface area contributed by atoms with Gasteiger partial charge in [0.15, 0.2) is 0 Å². The van der Waals surface area contributed by atoms with Crippen LogP contribution in [0.2, 0.25) is 0 Å². The van der Waals surface area contributed by atoms with E-state index in [0.717, 1.165) is 9.37 Å². The van der Waals surface area contributed by atoms with Gasteiger partial charge in [-0.1, -0.05) is 23.9 Å². The first kappa shape index (κ1) is 16.4. The third-order valence-electron chi connectivity index (χ3n) is 2.82. The Morgan fingerprint density at radius 2 is 1.76 bits per heavy atom. The van der Waals surface area contributed by atoms with Crippen LogP contribution in [0.1, 0.15) is 0 Å². The van der Waals surface area contributed by atoms with E-state index in [1.54, 1.807) is 12.1 Å². The molecule has 0 saturated carbocycles.